The molecule has 31 heavy (non-hydrogen) atoms. The maximum Gasteiger partial charge on any atom is 0.355 e. The number of ether oxygens (including phenoxy) is 1. The van der Waals surface area contributed by atoms with E-state index in [-0.39, 0.29) is 29.2 Å². The summed E-state index contributed by atoms with van der Waals surface area (Å²) in [5.74, 6) is -0.0520. The van der Waals surface area contributed by atoms with Crippen molar-refractivity contribution in [1.82, 2.24) is 4.98 Å². The van der Waals surface area contributed by atoms with Gasteiger partial charge in [-0.2, -0.15) is 0 Å². The molecule has 4 rings (SSSR count). The summed E-state index contributed by atoms with van der Waals surface area (Å²) in [6.07, 6.45) is 7.78. The summed E-state index contributed by atoms with van der Waals surface area (Å²) in [7, 11) is 0. The Morgan fingerprint density at radius 3 is 2.26 bits per heavy atom. The second-order valence-corrected chi connectivity index (χ2v) is 10.4. The minimum atomic E-state index is -0.308. The maximum absolute atomic E-state index is 13.0. The Kier molecular flexibility index (Phi) is 6.09. The molecule has 0 spiro atoms. The van der Waals surface area contributed by atoms with Gasteiger partial charge in [-0.15, -0.1) is 0 Å². The fraction of sp³-hybridized carbons (Fsp3) is 0.556. The molecule has 1 aromatic carbocycles. The Balaban J connectivity index is 1.53. The summed E-state index contributed by atoms with van der Waals surface area (Å²) in [4.78, 5) is 29.2. The van der Waals surface area contributed by atoms with Crippen molar-refractivity contribution in [2.75, 3.05) is 0 Å². The predicted octanol–water partition coefficient (Wildman–Crippen LogP) is 6.41. The van der Waals surface area contributed by atoms with Crippen LogP contribution in [-0.2, 0) is 16.6 Å². The van der Waals surface area contributed by atoms with Crippen LogP contribution in [0.2, 0.25) is 0 Å². The highest BCUT2D eigenvalue weighted by molar-refractivity contribution is 6.03. The van der Waals surface area contributed by atoms with Crippen molar-refractivity contribution in [2.24, 2.45) is 0 Å². The van der Waals surface area contributed by atoms with Crippen LogP contribution in [0.15, 0.2) is 24.3 Å². The van der Waals surface area contributed by atoms with E-state index in [1.54, 1.807) is 0 Å². The highest BCUT2D eigenvalue weighted by Gasteiger charge is 2.33. The number of H-pyrrole nitrogens is 1. The third-order valence-electron chi connectivity index (χ3n) is 7.02. The van der Waals surface area contributed by atoms with E-state index in [2.05, 4.69) is 50.0 Å². The van der Waals surface area contributed by atoms with Gasteiger partial charge in [0.25, 0.3) is 0 Å². The summed E-state index contributed by atoms with van der Waals surface area (Å²) in [5.41, 5.74) is 5.38. The Morgan fingerprint density at radius 2 is 1.65 bits per heavy atom. The van der Waals surface area contributed by atoms with E-state index in [0.717, 1.165) is 43.4 Å². The number of aromatic nitrogens is 1. The topological polar surface area (TPSA) is 59.2 Å². The first-order valence-corrected chi connectivity index (χ1v) is 11.8. The van der Waals surface area contributed by atoms with Gasteiger partial charge in [0.05, 0.1) is 0 Å². The molecule has 2 aliphatic carbocycles. The highest BCUT2D eigenvalue weighted by Crippen LogP contribution is 2.36. The van der Waals surface area contributed by atoms with Crippen molar-refractivity contribution in [3.05, 3.63) is 57.9 Å². The van der Waals surface area contributed by atoms with Gasteiger partial charge in [0.2, 0.25) is 0 Å². The molecule has 1 N–H and O–H groups in total. The molecule has 1 fully saturated rings. The van der Waals surface area contributed by atoms with Crippen molar-refractivity contribution in [2.45, 2.75) is 96.5 Å². The van der Waals surface area contributed by atoms with Crippen LogP contribution in [-0.4, -0.2) is 22.8 Å². The second kappa shape index (κ2) is 8.64. The summed E-state index contributed by atoms with van der Waals surface area (Å²) in [6, 6.07) is 8.65. The smallest absolute Gasteiger partial charge is 0.355 e. The number of hydrogen-bond donors (Lipinski definition) is 1. The third kappa shape index (κ3) is 4.63. The average Bonchev–Trinajstić information content (AvgIpc) is 2.88. The standard InChI is InChI=1S/C27H35NO3/c1-17-24-22(28-25(17)26(30)31-21-9-7-5-6-8-10-21)15-19(16-23(24)29)18-11-13-20(14-12-18)27(2,3)4/h11-14,19,21,28H,5-10,15-16H2,1-4H3/t19-/m1/s1. The highest BCUT2D eigenvalue weighted by atomic mass is 16.5. The number of benzene rings is 1. The van der Waals surface area contributed by atoms with Crippen LogP contribution in [0.25, 0.3) is 0 Å². The molecule has 0 radical (unpaired) electrons. The fourth-order valence-corrected chi connectivity index (χ4v) is 5.10. The van der Waals surface area contributed by atoms with Crippen LogP contribution in [0, 0.1) is 6.92 Å². The Morgan fingerprint density at radius 1 is 1.00 bits per heavy atom. The lowest BCUT2D eigenvalue weighted by Gasteiger charge is -2.24. The second-order valence-electron chi connectivity index (χ2n) is 10.4. The fourth-order valence-electron chi connectivity index (χ4n) is 5.10. The lowest BCUT2D eigenvalue weighted by Crippen LogP contribution is -2.19. The minimum absolute atomic E-state index is 0.000455. The SMILES string of the molecule is Cc1c(C(=O)OC2CCCCCC2)[nH]c2c1C(=O)C[C@H](c1ccc(C(C)(C)C)cc1)C2. The Hall–Kier alpha value is -2.36. The number of carbonyl (C=O) groups is 2. The molecule has 4 heteroatoms. The largest absolute Gasteiger partial charge is 0.458 e. The maximum atomic E-state index is 13.0. The molecule has 0 aliphatic heterocycles. The van der Waals surface area contributed by atoms with Crippen LogP contribution in [0.3, 0.4) is 0 Å². The van der Waals surface area contributed by atoms with Crippen LogP contribution in [0.4, 0.5) is 0 Å². The molecule has 1 heterocycles. The summed E-state index contributed by atoms with van der Waals surface area (Å²) >= 11 is 0. The van der Waals surface area contributed by atoms with Gasteiger partial charge >= 0.3 is 5.97 Å². The minimum Gasteiger partial charge on any atom is -0.458 e. The molecule has 0 amide bonds. The normalized spacial score (nSPS) is 20.3. The van der Waals surface area contributed by atoms with Gasteiger partial charge in [-0.1, -0.05) is 57.9 Å². The van der Waals surface area contributed by atoms with Crippen molar-refractivity contribution in [3.63, 3.8) is 0 Å². The zero-order valence-electron chi connectivity index (χ0n) is 19.3. The molecule has 2 aliphatic rings. The number of Topliss-reactive ketones (excluding diaryl/α,β-unsaturated/α-hetero) is 1. The average molecular weight is 422 g/mol. The van der Waals surface area contributed by atoms with Gasteiger partial charge in [0.15, 0.2) is 5.78 Å². The Labute approximate surface area is 185 Å². The van der Waals surface area contributed by atoms with Crippen LogP contribution < -0.4 is 0 Å². The predicted molar refractivity (Wildman–Crippen MR) is 123 cm³/mol. The lowest BCUT2D eigenvalue weighted by atomic mass is 9.80. The molecule has 0 unspecified atom stereocenters. The van der Waals surface area contributed by atoms with Crippen molar-refractivity contribution >= 4 is 11.8 Å². The van der Waals surface area contributed by atoms with Crippen LogP contribution >= 0.6 is 0 Å². The van der Waals surface area contributed by atoms with Gasteiger partial charge in [-0.05, 0) is 67.1 Å². The quantitative estimate of drug-likeness (QED) is 0.460. The monoisotopic (exact) mass is 421 g/mol. The van der Waals surface area contributed by atoms with Crippen molar-refractivity contribution in [3.8, 4) is 0 Å². The molecule has 1 aromatic heterocycles. The van der Waals surface area contributed by atoms with E-state index in [4.69, 9.17) is 4.74 Å². The van der Waals surface area contributed by atoms with Gasteiger partial charge < -0.3 is 9.72 Å². The first kappa shape index (κ1) is 21.9. The molecule has 166 valence electrons. The molecular weight excluding hydrogens is 386 g/mol. The summed E-state index contributed by atoms with van der Waals surface area (Å²) in [6.45, 7) is 8.48. The van der Waals surface area contributed by atoms with Crippen molar-refractivity contribution in [1.29, 1.82) is 0 Å². The summed E-state index contributed by atoms with van der Waals surface area (Å²) < 4.78 is 5.83. The van der Waals surface area contributed by atoms with E-state index in [0.29, 0.717) is 17.7 Å². The van der Waals surface area contributed by atoms with Crippen LogP contribution in [0.5, 0.6) is 0 Å². The first-order valence-electron chi connectivity index (χ1n) is 11.8. The first-order chi connectivity index (χ1) is 14.7. The number of fused-ring (bicyclic) bond motifs is 1. The van der Waals surface area contributed by atoms with Gasteiger partial charge in [-0.25, -0.2) is 4.79 Å². The van der Waals surface area contributed by atoms with E-state index < -0.39 is 0 Å². The van der Waals surface area contributed by atoms with Crippen molar-refractivity contribution < 1.29 is 14.3 Å². The van der Waals surface area contributed by atoms with E-state index >= 15 is 0 Å². The van der Waals surface area contributed by atoms with Gasteiger partial charge in [0, 0.05) is 17.7 Å². The molecule has 2 aromatic rings. The zero-order chi connectivity index (χ0) is 22.2. The number of hydrogen-bond acceptors (Lipinski definition) is 3. The zero-order valence-corrected chi connectivity index (χ0v) is 19.3. The Bertz CT molecular complexity index is 954. The van der Waals surface area contributed by atoms with Crippen LogP contribution in [0.1, 0.15) is 115 Å². The number of ketones is 1. The molecule has 1 atom stereocenters. The van der Waals surface area contributed by atoms with Gasteiger partial charge in [-0.3, -0.25) is 4.79 Å². The number of nitrogens with one attached hydrogen (secondary N) is 1. The number of esters is 1. The summed E-state index contributed by atoms with van der Waals surface area (Å²) in [5, 5.41) is 0. The number of rotatable bonds is 3. The van der Waals surface area contributed by atoms with E-state index in [1.807, 2.05) is 6.92 Å². The number of carbonyl (C=O) groups excluding carboxylic acids is 2. The third-order valence-corrected chi connectivity index (χ3v) is 7.02. The molecule has 0 bridgehead atoms. The molecule has 0 saturated heterocycles. The number of aromatic amines is 1. The van der Waals surface area contributed by atoms with E-state index in [9.17, 15) is 9.59 Å². The molecule has 1 saturated carbocycles. The van der Waals surface area contributed by atoms with E-state index in [1.165, 1.54) is 24.0 Å². The van der Waals surface area contributed by atoms with Gasteiger partial charge in [0.1, 0.15) is 11.8 Å². The lowest BCUT2D eigenvalue weighted by molar-refractivity contribution is 0.0260. The molecular formula is C27H35NO3. The molecule has 4 nitrogen and oxygen atoms in total.